The molecule has 0 spiro atoms. The van der Waals surface area contributed by atoms with Gasteiger partial charge < -0.3 is 9.16 Å². The third-order valence-electron chi connectivity index (χ3n) is 3.32. The average Bonchev–Trinajstić information content (AvgIpc) is 2.91. The van der Waals surface area contributed by atoms with E-state index in [1.807, 2.05) is 0 Å². The first-order valence-electron chi connectivity index (χ1n) is 6.63. The van der Waals surface area contributed by atoms with Gasteiger partial charge in [-0.2, -0.15) is 0 Å². The van der Waals surface area contributed by atoms with E-state index in [1.54, 1.807) is 0 Å². The zero-order chi connectivity index (χ0) is 12.2. The number of hydrogen-bond donors (Lipinski definition) is 0. The van der Waals surface area contributed by atoms with E-state index in [9.17, 15) is 0 Å². The number of ether oxygens (including phenoxy) is 1. The van der Waals surface area contributed by atoms with Gasteiger partial charge in [0.25, 0.3) is 0 Å². The molecule has 0 bridgehead atoms. The quantitative estimate of drug-likeness (QED) is 0.390. The Kier molecular flexibility index (Phi) is 5.48. The van der Waals surface area contributed by atoms with Crippen molar-refractivity contribution in [2.45, 2.75) is 59.2 Å². The van der Waals surface area contributed by atoms with Crippen LogP contribution in [0.2, 0.25) is 13.1 Å². The highest BCUT2D eigenvalue weighted by atomic mass is 28.3. The normalized spacial score (nSPS) is 22.5. The van der Waals surface area contributed by atoms with Crippen molar-refractivity contribution in [2.75, 3.05) is 13.2 Å². The largest absolute Gasteiger partial charge is 0.421 e. The van der Waals surface area contributed by atoms with Crippen LogP contribution in [-0.2, 0) is 9.16 Å². The molecule has 16 heavy (non-hydrogen) atoms. The fourth-order valence-corrected chi connectivity index (χ4v) is 2.71. The van der Waals surface area contributed by atoms with E-state index in [0.717, 1.165) is 19.1 Å². The maximum Gasteiger partial charge on any atom is 0.170 e. The second-order valence-electron chi connectivity index (χ2n) is 6.32. The summed E-state index contributed by atoms with van der Waals surface area (Å²) in [5.74, 6) is 0.775. The molecule has 1 aliphatic rings. The van der Waals surface area contributed by atoms with Crippen molar-refractivity contribution in [2.24, 2.45) is 11.3 Å². The summed E-state index contributed by atoms with van der Waals surface area (Å²) in [6.45, 7) is 13.5. The third-order valence-corrected chi connectivity index (χ3v) is 4.23. The molecule has 1 saturated heterocycles. The Hall–Kier alpha value is 0.137. The lowest BCUT2D eigenvalue weighted by molar-refractivity contribution is 0.178. The summed E-state index contributed by atoms with van der Waals surface area (Å²) in [5.41, 5.74) is 0.404. The van der Waals surface area contributed by atoms with Crippen LogP contribution < -0.4 is 0 Å². The molecule has 0 radical (unpaired) electrons. The maximum atomic E-state index is 5.73. The maximum absolute atomic E-state index is 5.73. The van der Waals surface area contributed by atoms with Crippen LogP contribution >= 0.6 is 0 Å². The first kappa shape index (κ1) is 14.2. The molecule has 0 aromatic rings. The Bertz CT molecular complexity index is 195. The van der Waals surface area contributed by atoms with Gasteiger partial charge in [-0.15, -0.1) is 0 Å². The predicted octanol–water partition coefficient (Wildman–Crippen LogP) is 3.22. The van der Waals surface area contributed by atoms with Gasteiger partial charge in [0.1, 0.15) is 0 Å². The monoisotopic (exact) mass is 244 g/mol. The van der Waals surface area contributed by atoms with Crippen LogP contribution in [0.25, 0.3) is 0 Å². The van der Waals surface area contributed by atoms with E-state index >= 15 is 0 Å². The van der Waals surface area contributed by atoms with E-state index < -0.39 is 9.04 Å². The van der Waals surface area contributed by atoms with Crippen molar-refractivity contribution < 1.29 is 9.16 Å². The highest BCUT2D eigenvalue weighted by Gasteiger charge is 2.32. The Balaban J connectivity index is 2.21. The highest BCUT2D eigenvalue weighted by Crippen LogP contribution is 2.36. The molecule has 1 fully saturated rings. The Labute approximate surface area is 102 Å². The van der Waals surface area contributed by atoms with Crippen LogP contribution in [-0.4, -0.2) is 28.4 Å². The van der Waals surface area contributed by atoms with Crippen LogP contribution in [0.15, 0.2) is 0 Å². The average molecular weight is 244 g/mol. The van der Waals surface area contributed by atoms with Crippen molar-refractivity contribution in [1.82, 2.24) is 0 Å². The van der Waals surface area contributed by atoms with Crippen molar-refractivity contribution in [3.8, 4) is 0 Å². The molecule has 1 heterocycles. The van der Waals surface area contributed by atoms with Crippen LogP contribution in [0.3, 0.4) is 0 Å². The summed E-state index contributed by atoms with van der Waals surface area (Å²) in [5, 5.41) is 0. The highest BCUT2D eigenvalue weighted by molar-refractivity contribution is 6.48. The van der Waals surface area contributed by atoms with Gasteiger partial charge in [0, 0.05) is 6.61 Å². The summed E-state index contributed by atoms with van der Waals surface area (Å²) in [6.07, 6.45) is 4.29. The first-order valence-corrected chi connectivity index (χ1v) is 9.41. The summed E-state index contributed by atoms with van der Waals surface area (Å²) in [6, 6.07) is 0. The van der Waals surface area contributed by atoms with Gasteiger partial charge in [0.05, 0.1) is 12.7 Å². The molecule has 0 aromatic carbocycles. The molecule has 2 nitrogen and oxygen atoms in total. The second-order valence-corrected chi connectivity index (χ2v) is 8.75. The van der Waals surface area contributed by atoms with Crippen molar-refractivity contribution in [3.63, 3.8) is 0 Å². The summed E-state index contributed by atoms with van der Waals surface area (Å²) < 4.78 is 11.1. The second kappa shape index (κ2) is 6.17. The van der Waals surface area contributed by atoms with E-state index in [4.69, 9.17) is 9.16 Å². The van der Waals surface area contributed by atoms with Crippen LogP contribution in [0, 0.1) is 11.3 Å². The summed E-state index contributed by atoms with van der Waals surface area (Å²) in [4.78, 5) is 0. The molecule has 2 unspecified atom stereocenters. The minimum atomic E-state index is -0.816. The van der Waals surface area contributed by atoms with Crippen molar-refractivity contribution in [3.05, 3.63) is 0 Å². The molecule has 1 aliphatic heterocycles. The van der Waals surface area contributed by atoms with E-state index in [0.29, 0.717) is 11.5 Å². The molecule has 0 aromatic heterocycles. The number of epoxide rings is 1. The molecule has 0 aliphatic carbocycles. The lowest BCUT2D eigenvalue weighted by atomic mass is 9.75. The van der Waals surface area contributed by atoms with Gasteiger partial charge in [-0.1, -0.05) is 20.8 Å². The molecule has 1 rings (SSSR count). The van der Waals surface area contributed by atoms with Crippen molar-refractivity contribution in [1.29, 1.82) is 0 Å². The molecule has 0 saturated carbocycles. The molecule has 96 valence electrons. The fraction of sp³-hybridized carbons (Fsp3) is 1.00. The molecular formula is C13H28O2Si. The van der Waals surface area contributed by atoms with Gasteiger partial charge >= 0.3 is 0 Å². The van der Waals surface area contributed by atoms with Gasteiger partial charge in [0.15, 0.2) is 9.04 Å². The third kappa shape index (κ3) is 6.02. The first-order chi connectivity index (χ1) is 7.39. The van der Waals surface area contributed by atoms with Gasteiger partial charge in [-0.3, -0.25) is 0 Å². The zero-order valence-electron chi connectivity index (χ0n) is 11.6. The Morgan fingerprint density at radius 1 is 1.38 bits per heavy atom. The summed E-state index contributed by atoms with van der Waals surface area (Å²) in [7, 11) is -0.816. The Morgan fingerprint density at radius 2 is 2.00 bits per heavy atom. The minimum absolute atomic E-state index is 0.404. The topological polar surface area (TPSA) is 21.8 Å². The predicted molar refractivity (Wildman–Crippen MR) is 71.4 cm³/mol. The van der Waals surface area contributed by atoms with Crippen LogP contribution in [0.5, 0.6) is 0 Å². The van der Waals surface area contributed by atoms with Gasteiger partial charge in [-0.25, -0.2) is 0 Å². The van der Waals surface area contributed by atoms with Crippen LogP contribution in [0.1, 0.15) is 40.0 Å². The lowest BCUT2D eigenvalue weighted by Gasteiger charge is -2.30. The van der Waals surface area contributed by atoms with Crippen LogP contribution in [0.4, 0.5) is 0 Å². The number of rotatable bonds is 7. The zero-order valence-corrected chi connectivity index (χ0v) is 12.7. The standard InChI is InChI=1S/C13H28O2Si/c1-13(2,3)11(9-12-10-14-12)7-6-8-15-16(4)5/h11-12,16H,6-10H2,1-5H3. The molecule has 3 heteroatoms. The smallest absolute Gasteiger partial charge is 0.170 e. The molecule has 2 atom stereocenters. The molecule has 0 N–H and O–H groups in total. The number of hydrogen-bond acceptors (Lipinski definition) is 2. The van der Waals surface area contributed by atoms with E-state index in [-0.39, 0.29) is 0 Å². The lowest BCUT2D eigenvalue weighted by Crippen LogP contribution is -2.23. The van der Waals surface area contributed by atoms with Gasteiger partial charge in [0.2, 0.25) is 0 Å². The van der Waals surface area contributed by atoms with Gasteiger partial charge in [-0.05, 0) is 43.7 Å². The SMILES string of the molecule is C[SiH](C)OCCCC(CC1CO1)C(C)(C)C. The van der Waals surface area contributed by atoms with E-state index in [2.05, 4.69) is 33.9 Å². The fourth-order valence-electron chi connectivity index (χ4n) is 2.07. The summed E-state index contributed by atoms with van der Waals surface area (Å²) >= 11 is 0. The molecule has 0 amide bonds. The minimum Gasteiger partial charge on any atom is -0.421 e. The molecular weight excluding hydrogens is 216 g/mol. The Morgan fingerprint density at radius 3 is 2.44 bits per heavy atom. The van der Waals surface area contributed by atoms with E-state index in [1.165, 1.54) is 19.3 Å². The van der Waals surface area contributed by atoms with Crippen molar-refractivity contribution >= 4 is 9.04 Å².